The molecule has 100 valence electrons. The SMILES string of the molecule is CCn1cc(CC(NN)C2Cc3ccccc32)cn1. The zero-order valence-corrected chi connectivity index (χ0v) is 11.2. The van der Waals surface area contributed by atoms with Gasteiger partial charge in [-0.2, -0.15) is 5.10 Å². The van der Waals surface area contributed by atoms with Crippen molar-refractivity contribution >= 4 is 0 Å². The van der Waals surface area contributed by atoms with Crippen LogP contribution < -0.4 is 11.3 Å². The van der Waals surface area contributed by atoms with Gasteiger partial charge >= 0.3 is 0 Å². The predicted octanol–water partition coefficient (Wildman–Crippen LogP) is 1.62. The second kappa shape index (κ2) is 5.15. The smallest absolute Gasteiger partial charge is 0.0522 e. The van der Waals surface area contributed by atoms with E-state index < -0.39 is 0 Å². The van der Waals surface area contributed by atoms with E-state index in [1.54, 1.807) is 0 Å². The van der Waals surface area contributed by atoms with E-state index in [1.165, 1.54) is 16.7 Å². The number of hydrogen-bond donors (Lipinski definition) is 2. The molecule has 3 rings (SSSR count). The summed E-state index contributed by atoms with van der Waals surface area (Å²) >= 11 is 0. The number of aromatic nitrogens is 2. The first kappa shape index (κ1) is 12.4. The third-order valence-electron chi connectivity index (χ3n) is 4.06. The monoisotopic (exact) mass is 256 g/mol. The van der Waals surface area contributed by atoms with E-state index in [9.17, 15) is 0 Å². The number of rotatable bonds is 5. The molecular weight excluding hydrogens is 236 g/mol. The fourth-order valence-corrected chi connectivity index (χ4v) is 2.91. The van der Waals surface area contributed by atoms with Crippen molar-refractivity contribution in [1.82, 2.24) is 15.2 Å². The van der Waals surface area contributed by atoms with Crippen molar-refractivity contribution < 1.29 is 0 Å². The molecule has 19 heavy (non-hydrogen) atoms. The van der Waals surface area contributed by atoms with Crippen molar-refractivity contribution in [2.75, 3.05) is 0 Å². The molecule has 0 spiro atoms. The minimum atomic E-state index is 0.282. The number of fused-ring (bicyclic) bond motifs is 1. The quantitative estimate of drug-likeness (QED) is 0.631. The summed E-state index contributed by atoms with van der Waals surface area (Å²) in [5.74, 6) is 6.27. The van der Waals surface area contributed by atoms with Gasteiger partial charge in [-0.3, -0.25) is 16.0 Å². The maximum Gasteiger partial charge on any atom is 0.0522 e. The van der Waals surface area contributed by atoms with E-state index in [-0.39, 0.29) is 6.04 Å². The maximum atomic E-state index is 5.75. The molecule has 0 radical (unpaired) electrons. The van der Waals surface area contributed by atoms with Gasteiger partial charge in [0, 0.05) is 24.7 Å². The van der Waals surface area contributed by atoms with Gasteiger partial charge in [0.05, 0.1) is 6.20 Å². The first-order chi connectivity index (χ1) is 9.31. The Morgan fingerprint density at radius 1 is 1.47 bits per heavy atom. The number of hydrogen-bond acceptors (Lipinski definition) is 3. The van der Waals surface area contributed by atoms with Crippen LogP contribution in [-0.2, 0) is 19.4 Å². The van der Waals surface area contributed by atoms with Gasteiger partial charge in [-0.25, -0.2) is 0 Å². The van der Waals surface area contributed by atoms with Crippen molar-refractivity contribution in [2.24, 2.45) is 5.84 Å². The van der Waals surface area contributed by atoms with Crippen LogP contribution in [0.1, 0.15) is 29.5 Å². The summed E-state index contributed by atoms with van der Waals surface area (Å²) < 4.78 is 1.96. The van der Waals surface area contributed by atoms with Gasteiger partial charge in [0.2, 0.25) is 0 Å². The molecule has 0 bridgehead atoms. The normalized spacial score (nSPS) is 18.7. The van der Waals surface area contributed by atoms with Crippen molar-refractivity contribution in [2.45, 2.75) is 38.3 Å². The zero-order chi connectivity index (χ0) is 13.2. The highest BCUT2D eigenvalue weighted by atomic mass is 15.3. The van der Waals surface area contributed by atoms with E-state index in [1.807, 2.05) is 10.9 Å². The lowest BCUT2D eigenvalue weighted by Crippen LogP contribution is -2.45. The Hall–Kier alpha value is -1.65. The molecule has 1 aliphatic carbocycles. The Kier molecular flexibility index (Phi) is 3.36. The Balaban J connectivity index is 1.72. The average Bonchev–Trinajstić information content (AvgIpc) is 2.86. The molecule has 3 N–H and O–H groups in total. The molecular formula is C15H20N4. The van der Waals surface area contributed by atoms with Gasteiger partial charge in [-0.1, -0.05) is 24.3 Å². The number of hydrazine groups is 1. The highest BCUT2D eigenvalue weighted by Gasteiger charge is 2.32. The highest BCUT2D eigenvalue weighted by Crippen LogP contribution is 2.37. The molecule has 0 aliphatic heterocycles. The van der Waals surface area contributed by atoms with Crippen LogP contribution in [0.4, 0.5) is 0 Å². The molecule has 0 saturated carbocycles. The number of nitrogens with zero attached hydrogens (tertiary/aromatic N) is 2. The van der Waals surface area contributed by atoms with E-state index in [4.69, 9.17) is 5.84 Å². The van der Waals surface area contributed by atoms with Crippen molar-refractivity contribution in [3.63, 3.8) is 0 Å². The standard InChI is InChI=1S/C15H20N4/c1-2-19-10-11(9-17-19)7-15(18-16)14-8-12-5-3-4-6-13(12)14/h3-6,9-10,14-15,18H,2,7-8,16H2,1H3. The third-order valence-corrected chi connectivity index (χ3v) is 4.06. The average molecular weight is 256 g/mol. The summed E-state index contributed by atoms with van der Waals surface area (Å²) in [4.78, 5) is 0. The third kappa shape index (κ3) is 2.29. The van der Waals surface area contributed by atoms with Crippen LogP contribution in [0, 0.1) is 0 Å². The molecule has 0 fully saturated rings. The Bertz CT molecular complexity index is 561. The lowest BCUT2D eigenvalue weighted by Gasteiger charge is -2.36. The minimum Gasteiger partial charge on any atom is -0.273 e. The minimum absolute atomic E-state index is 0.282. The summed E-state index contributed by atoms with van der Waals surface area (Å²) in [7, 11) is 0. The topological polar surface area (TPSA) is 55.9 Å². The summed E-state index contributed by atoms with van der Waals surface area (Å²) in [5, 5.41) is 4.32. The molecule has 4 nitrogen and oxygen atoms in total. The largest absolute Gasteiger partial charge is 0.273 e. The van der Waals surface area contributed by atoms with Crippen LogP contribution in [0.2, 0.25) is 0 Å². The maximum absolute atomic E-state index is 5.75. The van der Waals surface area contributed by atoms with Crippen LogP contribution in [0.25, 0.3) is 0 Å². The summed E-state index contributed by atoms with van der Waals surface area (Å²) in [6.45, 7) is 3.00. The lowest BCUT2D eigenvalue weighted by atomic mass is 9.72. The van der Waals surface area contributed by atoms with Crippen LogP contribution in [0.3, 0.4) is 0 Å². The fourth-order valence-electron chi connectivity index (χ4n) is 2.91. The van der Waals surface area contributed by atoms with Gasteiger partial charge < -0.3 is 0 Å². The molecule has 2 aromatic rings. The fraction of sp³-hybridized carbons (Fsp3) is 0.400. The van der Waals surface area contributed by atoms with E-state index >= 15 is 0 Å². The number of nitrogens with two attached hydrogens (primary N) is 1. The summed E-state index contributed by atoms with van der Waals surface area (Å²) in [6.07, 6.45) is 6.09. The lowest BCUT2D eigenvalue weighted by molar-refractivity contribution is 0.404. The molecule has 1 aromatic heterocycles. The van der Waals surface area contributed by atoms with Gasteiger partial charge in [-0.15, -0.1) is 0 Å². The Labute approximate surface area is 113 Å². The van der Waals surface area contributed by atoms with E-state index in [2.05, 4.69) is 47.9 Å². The van der Waals surface area contributed by atoms with Crippen molar-refractivity contribution in [3.05, 3.63) is 53.3 Å². The van der Waals surface area contributed by atoms with E-state index in [0.717, 1.165) is 19.4 Å². The molecule has 0 amide bonds. The second-order valence-corrected chi connectivity index (χ2v) is 5.19. The summed E-state index contributed by atoms with van der Waals surface area (Å²) in [5.41, 5.74) is 7.12. The van der Waals surface area contributed by atoms with E-state index in [0.29, 0.717) is 5.92 Å². The molecule has 4 heteroatoms. The Morgan fingerprint density at radius 3 is 3.00 bits per heavy atom. The first-order valence-corrected chi connectivity index (χ1v) is 6.87. The highest BCUT2D eigenvalue weighted by molar-refractivity contribution is 5.41. The number of aryl methyl sites for hydroxylation is 1. The van der Waals surface area contributed by atoms with Gasteiger partial charge in [0.1, 0.15) is 0 Å². The van der Waals surface area contributed by atoms with Crippen LogP contribution in [0.15, 0.2) is 36.7 Å². The molecule has 2 atom stereocenters. The van der Waals surface area contributed by atoms with Crippen LogP contribution >= 0.6 is 0 Å². The van der Waals surface area contributed by atoms with Crippen molar-refractivity contribution in [3.8, 4) is 0 Å². The van der Waals surface area contributed by atoms with Gasteiger partial charge in [0.15, 0.2) is 0 Å². The Morgan fingerprint density at radius 2 is 2.32 bits per heavy atom. The molecule has 0 saturated heterocycles. The molecule has 1 heterocycles. The zero-order valence-electron chi connectivity index (χ0n) is 11.2. The molecule has 2 unspecified atom stereocenters. The first-order valence-electron chi connectivity index (χ1n) is 6.87. The number of nitrogens with one attached hydrogen (secondary N) is 1. The molecule has 1 aliphatic rings. The van der Waals surface area contributed by atoms with Gasteiger partial charge in [-0.05, 0) is 36.5 Å². The van der Waals surface area contributed by atoms with Gasteiger partial charge in [0.25, 0.3) is 0 Å². The molecule has 1 aromatic carbocycles. The van der Waals surface area contributed by atoms with Crippen molar-refractivity contribution in [1.29, 1.82) is 0 Å². The number of benzene rings is 1. The van der Waals surface area contributed by atoms with Crippen LogP contribution in [0.5, 0.6) is 0 Å². The van der Waals surface area contributed by atoms with Crippen LogP contribution in [-0.4, -0.2) is 15.8 Å². The summed E-state index contributed by atoms with van der Waals surface area (Å²) in [6, 6.07) is 8.90. The second-order valence-electron chi connectivity index (χ2n) is 5.19. The predicted molar refractivity (Wildman–Crippen MR) is 75.6 cm³/mol.